The lowest BCUT2D eigenvalue weighted by Gasteiger charge is -2.31. The molecule has 0 unspecified atom stereocenters. The summed E-state index contributed by atoms with van der Waals surface area (Å²) >= 11 is 12.9. The van der Waals surface area contributed by atoms with E-state index < -0.39 is 11.6 Å². The molecule has 1 aliphatic heterocycles. The van der Waals surface area contributed by atoms with E-state index in [1.54, 1.807) is 54.6 Å². The first-order chi connectivity index (χ1) is 19.4. The smallest absolute Gasteiger partial charge is 0.252 e. The van der Waals surface area contributed by atoms with E-state index in [1.807, 2.05) is 12.1 Å². The molecule has 11 heteroatoms. The van der Waals surface area contributed by atoms with Crippen LogP contribution in [0.25, 0.3) is 10.4 Å². The van der Waals surface area contributed by atoms with Crippen molar-refractivity contribution in [2.75, 3.05) is 13.2 Å². The number of azide groups is 1. The normalized spacial score (nSPS) is 19.8. The van der Waals surface area contributed by atoms with Crippen LogP contribution in [0.4, 0.5) is 5.69 Å². The molecule has 1 fully saturated rings. The van der Waals surface area contributed by atoms with Crippen molar-refractivity contribution in [3.05, 3.63) is 104 Å². The van der Waals surface area contributed by atoms with Crippen molar-refractivity contribution in [1.29, 1.82) is 0 Å². The Hall–Kier alpha value is -3.75. The minimum Gasteiger partial charge on any atom is -0.494 e. The molecule has 40 heavy (non-hydrogen) atoms. The maximum Gasteiger partial charge on any atom is 0.252 e. The number of amides is 1. The first-order valence-electron chi connectivity index (χ1n) is 12.9. The maximum absolute atomic E-state index is 14.1. The Balaban J connectivity index is 1.61. The van der Waals surface area contributed by atoms with E-state index in [2.05, 4.69) is 15.3 Å². The summed E-state index contributed by atoms with van der Waals surface area (Å²) in [6.07, 6.45) is 1.50. The Morgan fingerprint density at radius 1 is 1.18 bits per heavy atom. The molecule has 0 radical (unpaired) electrons. The van der Waals surface area contributed by atoms with E-state index in [0.29, 0.717) is 51.2 Å². The summed E-state index contributed by atoms with van der Waals surface area (Å²) < 4.78 is 12.1. The van der Waals surface area contributed by atoms with Crippen molar-refractivity contribution < 1.29 is 19.4 Å². The summed E-state index contributed by atoms with van der Waals surface area (Å²) in [5.41, 5.74) is 9.93. The van der Waals surface area contributed by atoms with Gasteiger partial charge in [-0.3, -0.25) is 4.79 Å². The first-order valence-corrected chi connectivity index (χ1v) is 13.7. The number of carbonyl (C=O) groups is 1. The van der Waals surface area contributed by atoms with Gasteiger partial charge < -0.3 is 19.9 Å². The fourth-order valence-corrected chi connectivity index (χ4v) is 5.12. The van der Waals surface area contributed by atoms with Gasteiger partial charge in [-0.25, -0.2) is 4.99 Å². The first kappa shape index (κ1) is 27.8. The van der Waals surface area contributed by atoms with Gasteiger partial charge in [-0.15, -0.1) is 0 Å². The van der Waals surface area contributed by atoms with Gasteiger partial charge in [-0.2, -0.15) is 0 Å². The second-order valence-corrected chi connectivity index (χ2v) is 10.5. The summed E-state index contributed by atoms with van der Waals surface area (Å²) in [5.74, 6) is 0.597. The monoisotopic (exact) mass is 579 g/mol. The van der Waals surface area contributed by atoms with Crippen molar-refractivity contribution >= 4 is 40.7 Å². The molecule has 0 aromatic heterocycles. The number of halogens is 2. The molecule has 1 aliphatic carbocycles. The van der Waals surface area contributed by atoms with E-state index in [9.17, 15) is 4.79 Å². The Bertz CT molecular complexity index is 1470. The van der Waals surface area contributed by atoms with E-state index >= 15 is 0 Å². The van der Waals surface area contributed by atoms with Gasteiger partial charge in [0.15, 0.2) is 11.6 Å². The van der Waals surface area contributed by atoms with E-state index in [0.717, 1.165) is 12.8 Å². The lowest BCUT2D eigenvalue weighted by atomic mass is 9.81. The van der Waals surface area contributed by atoms with Gasteiger partial charge in [0, 0.05) is 57.3 Å². The van der Waals surface area contributed by atoms with Crippen molar-refractivity contribution in [2.24, 2.45) is 10.1 Å². The number of nitrogens with zero attached hydrogens (tertiary/aromatic N) is 4. The molecule has 1 amide bonds. The van der Waals surface area contributed by atoms with Crippen LogP contribution >= 0.6 is 23.2 Å². The predicted octanol–water partition coefficient (Wildman–Crippen LogP) is 6.47. The molecule has 206 valence electrons. The van der Waals surface area contributed by atoms with Crippen molar-refractivity contribution in [1.82, 2.24) is 5.32 Å². The molecule has 2 atom stereocenters. The molecule has 0 bridgehead atoms. The average molecular weight is 580 g/mol. The highest BCUT2D eigenvalue weighted by Gasteiger charge is 2.54. The van der Waals surface area contributed by atoms with Gasteiger partial charge in [0.2, 0.25) is 5.90 Å². The zero-order valence-electron chi connectivity index (χ0n) is 21.5. The zero-order valence-corrected chi connectivity index (χ0v) is 23.0. The molecular weight excluding hydrogens is 553 g/mol. The van der Waals surface area contributed by atoms with Crippen LogP contribution in [-0.4, -0.2) is 41.7 Å². The molecule has 1 saturated carbocycles. The minimum atomic E-state index is -1.47. The predicted molar refractivity (Wildman–Crippen MR) is 153 cm³/mol. The van der Waals surface area contributed by atoms with Gasteiger partial charge in [0.1, 0.15) is 5.75 Å². The summed E-state index contributed by atoms with van der Waals surface area (Å²) in [7, 11) is 0. The number of rotatable bonds is 11. The Labute approximate surface area is 241 Å². The number of hydrogen-bond donors (Lipinski definition) is 2. The number of aliphatic hydroxyl groups is 1. The summed E-state index contributed by atoms with van der Waals surface area (Å²) in [6, 6.07) is 19.4. The molecule has 0 saturated heterocycles. The lowest BCUT2D eigenvalue weighted by Crippen LogP contribution is -2.50. The van der Waals surface area contributed by atoms with Crippen LogP contribution in [0.3, 0.4) is 0 Å². The van der Waals surface area contributed by atoms with Gasteiger partial charge >= 0.3 is 0 Å². The number of ether oxygens (including phenoxy) is 2. The van der Waals surface area contributed by atoms with Gasteiger partial charge in [0.25, 0.3) is 5.91 Å². The SMILES string of the molecule is [N-]=[N+]=Nc1ccccc1C[C@@]1(C(=O)NC2CC2)N=C(c2ccc(OCCCO)cc2)O[C@@H]1c1ccc(Cl)cc1Cl. The second-order valence-electron chi connectivity index (χ2n) is 9.70. The third kappa shape index (κ3) is 6.03. The fourth-order valence-electron chi connectivity index (χ4n) is 4.61. The Morgan fingerprint density at radius 3 is 2.65 bits per heavy atom. The van der Waals surface area contributed by atoms with Crippen LogP contribution < -0.4 is 10.1 Å². The van der Waals surface area contributed by atoms with Gasteiger partial charge in [-0.05, 0) is 60.3 Å². The Kier molecular flexibility index (Phi) is 8.47. The Morgan fingerprint density at radius 2 is 1.95 bits per heavy atom. The van der Waals surface area contributed by atoms with Crippen LogP contribution in [0.1, 0.15) is 42.1 Å². The molecule has 2 aliphatic rings. The highest BCUT2D eigenvalue weighted by Crippen LogP contribution is 2.46. The molecular formula is C29H27Cl2N5O4. The molecule has 3 aromatic rings. The van der Waals surface area contributed by atoms with Crippen molar-refractivity contribution in [3.63, 3.8) is 0 Å². The van der Waals surface area contributed by atoms with Crippen LogP contribution in [0, 0.1) is 0 Å². The fraction of sp³-hybridized carbons (Fsp3) is 0.310. The summed E-state index contributed by atoms with van der Waals surface area (Å²) in [4.78, 5) is 22.1. The maximum atomic E-state index is 14.1. The molecule has 5 rings (SSSR count). The zero-order chi connectivity index (χ0) is 28.1. The number of nitrogens with one attached hydrogen (secondary N) is 1. The highest BCUT2D eigenvalue weighted by atomic mass is 35.5. The molecule has 9 nitrogen and oxygen atoms in total. The third-order valence-corrected chi connectivity index (χ3v) is 7.35. The van der Waals surface area contributed by atoms with E-state index in [-0.39, 0.29) is 30.9 Å². The summed E-state index contributed by atoms with van der Waals surface area (Å²) in [5, 5.41) is 16.8. The number of aliphatic imine (C=N–C) groups is 1. The number of benzene rings is 3. The molecule has 3 aromatic carbocycles. The van der Waals surface area contributed by atoms with Crippen molar-refractivity contribution in [2.45, 2.75) is 43.4 Å². The minimum absolute atomic E-state index is 0.0468. The van der Waals surface area contributed by atoms with Crippen LogP contribution in [-0.2, 0) is 16.0 Å². The van der Waals surface area contributed by atoms with Gasteiger partial charge in [-0.1, -0.05) is 58.6 Å². The van der Waals surface area contributed by atoms with Gasteiger partial charge in [0.05, 0.1) is 6.61 Å². The molecule has 1 heterocycles. The number of hydrogen-bond acceptors (Lipinski definition) is 6. The van der Waals surface area contributed by atoms with Crippen LogP contribution in [0.2, 0.25) is 10.0 Å². The second kappa shape index (κ2) is 12.2. The molecule has 0 spiro atoms. The number of carbonyl (C=O) groups excluding carboxylic acids is 1. The standard InChI is InChI=1S/C29H27Cl2N5O4/c30-20-8-13-23(24(31)16-20)26-29(28(38)33-21-9-10-21,17-19-4-1-2-5-25(19)35-36-32)34-27(40-26)18-6-11-22(12-7-18)39-15-3-14-37/h1-2,4-8,11-13,16,21,26,37H,3,9-10,14-15,17H2,(H,33,38)/t26-,29-/m1/s1. The largest absolute Gasteiger partial charge is 0.494 e. The van der Waals surface area contributed by atoms with Crippen LogP contribution in [0.15, 0.2) is 76.8 Å². The topological polar surface area (TPSA) is 129 Å². The van der Waals surface area contributed by atoms with E-state index in [4.69, 9.17) is 48.3 Å². The van der Waals surface area contributed by atoms with Crippen LogP contribution in [0.5, 0.6) is 5.75 Å². The van der Waals surface area contributed by atoms with E-state index in [1.165, 1.54) is 0 Å². The average Bonchev–Trinajstić information content (AvgIpc) is 3.69. The van der Waals surface area contributed by atoms with Crippen molar-refractivity contribution in [3.8, 4) is 5.75 Å². The quantitative estimate of drug-likeness (QED) is 0.116. The highest BCUT2D eigenvalue weighted by molar-refractivity contribution is 6.35. The lowest BCUT2D eigenvalue weighted by molar-refractivity contribution is -0.129. The third-order valence-electron chi connectivity index (χ3n) is 6.79. The number of aliphatic hydroxyl groups excluding tert-OH is 1. The molecule has 2 N–H and O–H groups in total. The summed E-state index contributed by atoms with van der Waals surface area (Å²) in [6.45, 7) is 0.435.